The number of carboxylic acid groups (broad SMARTS) is 1. The minimum Gasteiger partial charge on any atom is -0.478 e. The fraction of sp³-hybridized carbons (Fsp3) is 0.300. The van der Waals surface area contributed by atoms with Gasteiger partial charge in [-0.3, -0.25) is 14.6 Å². The molecular formula is C20H19NO4. The summed E-state index contributed by atoms with van der Waals surface area (Å²) in [6.45, 7) is 3.50. The monoisotopic (exact) mass is 337 g/mol. The van der Waals surface area contributed by atoms with E-state index >= 15 is 0 Å². The number of hydrogen-bond donors (Lipinski definition) is 1. The second-order valence-electron chi connectivity index (χ2n) is 6.56. The largest absolute Gasteiger partial charge is 0.478 e. The summed E-state index contributed by atoms with van der Waals surface area (Å²) in [5.41, 5.74) is 2.96. The number of aromatic nitrogens is 1. The molecule has 5 heteroatoms. The van der Waals surface area contributed by atoms with E-state index in [1.54, 1.807) is 20.0 Å². The fourth-order valence-electron chi connectivity index (χ4n) is 3.66. The van der Waals surface area contributed by atoms with Crippen LogP contribution in [0.4, 0.5) is 0 Å². The minimum absolute atomic E-state index is 0.0927. The maximum Gasteiger partial charge on any atom is 0.335 e. The second kappa shape index (κ2) is 6.59. The highest BCUT2D eigenvalue weighted by Gasteiger charge is 2.43. The first-order chi connectivity index (χ1) is 11.9. The Morgan fingerprint density at radius 1 is 1.20 bits per heavy atom. The summed E-state index contributed by atoms with van der Waals surface area (Å²) in [4.78, 5) is 40.8. The molecule has 25 heavy (non-hydrogen) atoms. The maximum atomic E-state index is 12.9. The Kier molecular flexibility index (Phi) is 4.49. The van der Waals surface area contributed by atoms with Gasteiger partial charge >= 0.3 is 5.97 Å². The molecule has 1 aliphatic rings. The number of Topliss-reactive ketones (excluding diaryl/α,β-unsaturated/α-hetero) is 2. The molecule has 128 valence electrons. The summed E-state index contributed by atoms with van der Waals surface area (Å²) in [6.07, 6.45) is 2.33. The van der Waals surface area contributed by atoms with Crippen LogP contribution in [-0.2, 0) is 16.0 Å². The van der Waals surface area contributed by atoms with Crippen LogP contribution in [0.25, 0.3) is 0 Å². The molecule has 0 radical (unpaired) electrons. The van der Waals surface area contributed by atoms with Crippen molar-refractivity contribution >= 4 is 17.5 Å². The van der Waals surface area contributed by atoms with E-state index in [2.05, 4.69) is 4.98 Å². The summed E-state index contributed by atoms with van der Waals surface area (Å²) < 4.78 is 0. The van der Waals surface area contributed by atoms with Gasteiger partial charge in [-0.05, 0) is 61.2 Å². The predicted octanol–water partition coefficient (Wildman–Crippen LogP) is 2.88. The molecule has 1 N–H and O–H groups in total. The van der Waals surface area contributed by atoms with Gasteiger partial charge in [0, 0.05) is 24.2 Å². The number of pyridine rings is 1. The average Bonchev–Trinajstić information content (AvgIpc) is 2.83. The van der Waals surface area contributed by atoms with Gasteiger partial charge in [-0.25, -0.2) is 4.79 Å². The molecule has 0 aliphatic heterocycles. The molecule has 2 atom stereocenters. The zero-order valence-corrected chi connectivity index (χ0v) is 14.2. The lowest BCUT2D eigenvalue weighted by Gasteiger charge is -2.16. The summed E-state index contributed by atoms with van der Waals surface area (Å²) >= 11 is 0. The maximum absolute atomic E-state index is 12.9. The molecule has 5 nitrogen and oxygen atoms in total. The molecular weight excluding hydrogens is 318 g/mol. The van der Waals surface area contributed by atoms with E-state index in [0.717, 1.165) is 5.69 Å². The van der Waals surface area contributed by atoms with E-state index in [-0.39, 0.29) is 29.5 Å². The van der Waals surface area contributed by atoms with Crippen molar-refractivity contribution in [3.05, 3.63) is 64.5 Å². The SMILES string of the molecule is Cc1cc(C(=O)O)cc(C)c1C1C(=O)CC(Cc2ccccn2)C1=O. The molecule has 1 aliphatic carbocycles. The third kappa shape index (κ3) is 3.22. The van der Waals surface area contributed by atoms with Crippen LogP contribution in [0.15, 0.2) is 36.5 Å². The molecule has 0 spiro atoms. The van der Waals surface area contributed by atoms with Crippen molar-refractivity contribution in [2.45, 2.75) is 32.6 Å². The van der Waals surface area contributed by atoms with Crippen LogP contribution in [0.2, 0.25) is 0 Å². The Labute approximate surface area is 145 Å². The lowest BCUT2D eigenvalue weighted by molar-refractivity contribution is -0.124. The Morgan fingerprint density at radius 2 is 1.88 bits per heavy atom. The van der Waals surface area contributed by atoms with Crippen molar-refractivity contribution in [2.24, 2.45) is 5.92 Å². The van der Waals surface area contributed by atoms with E-state index in [1.807, 2.05) is 18.2 Å². The molecule has 0 amide bonds. The highest BCUT2D eigenvalue weighted by atomic mass is 16.4. The zero-order chi connectivity index (χ0) is 18.1. The Balaban J connectivity index is 1.92. The standard InChI is InChI=1S/C20H19NO4/c1-11-7-14(20(24)25)8-12(2)17(11)18-16(22)10-13(19(18)23)9-15-5-3-4-6-21-15/h3-8,13,18H,9-10H2,1-2H3,(H,24,25). The Morgan fingerprint density at radius 3 is 2.44 bits per heavy atom. The minimum atomic E-state index is -1.02. The van der Waals surface area contributed by atoms with E-state index in [0.29, 0.717) is 23.1 Å². The van der Waals surface area contributed by atoms with E-state index in [4.69, 9.17) is 5.11 Å². The predicted molar refractivity (Wildman–Crippen MR) is 91.7 cm³/mol. The number of nitrogens with zero attached hydrogens (tertiary/aromatic N) is 1. The molecule has 1 fully saturated rings. The number of carbonyl (C=O) groups is 3. The lowest BCUT2D eigenvalue weighted by Crippen LogP contribution is -2.19. The van der Waals surface area contributed by atoms with Crippen molar-refractivity contribution < 1.29 is 19.5 Å². The third-order valence-corrected chi connectivity index (χ3v) is 4.77. The van der Waals surface area contributed by atoms with Crippen molar-refractivity contribution in [1.29, 1.82) is 0 Å². The summed E-state index contributed by atoms with van der Waals surface area (Å²) in [5.74, 6) is -2.37. The summed E-state index contributed by atoms with van der Waals surface area (Å²) in [6, 6.07) is 8.57. The molecule has 0 bridgehead atoms. The molecule has 1 saturated carbocycles. The van der Waals surface area contributed by atoms with Gasteiger partial charge in [0.15, 0.2) is 5.78 Å². The Hall–Kier alpha value is -2.82. The molecule has 2 unspecified atom stereocenters. The molecule has 0 saturated heterocycles. The molecule has 1 aromatic heterocycles. The zero-order valence-electron chi connectivity index (χ0n) is 14.2. The van der Waals surface area contributed by atoms with Crippen molar-refractivity contribution in [2.75, 3.05) is 0 Å². The number of aryl methyl sites for hydroxylation is 2. The number of aromatic carboxylic acids is 1. The second-order valence-corrected chi connectivity index (χ2v) is 6.56. The number of rotatable bonds is 4. The highest BCUT2D eigenvalue weighted by Crippen LogP contribution is 2.37. The van der Waals surface area contributed by atoms with Crippen LogP contribution in [0.1, 0.15) is 45.1 Å². The van der Waals surface area contributed by atoms with Crippen molar-refractivity contribution in [3.63, 3.8) is 0 Å². The molecule has 1 aromatic carbocycles. The number of hydrogen-bond acceptors (Lipinski definition) is 4. The van der Waals surface area contributed by atoms with Crippen LogP contribution in [0.5, 0.6) is 0 Å². The van der Waals surface area contributed by atoms with Gasteiger partial charge in [0.05, 0.1) is 5.56 Å². The van der Waals surface area contributed by atoms with Crippen LogP contribution >= 0.6 is 0 Å². The normalized spacial score (nSPS) is 20.1. The van der Waals surface area contributed by atoms with Gasteiger partial charge < -0.3 is 5.11 Å². The first-order valence-corrected chi connectivity index (χ1v) is 8.19. The van der Waals surface area contributed by atoms with Gasteiger partial charge in [-0.1, -0.05) is 6.07 Å². The topological polar surface area (TPSA) is 84.3 Å². The number of carboxylic acids is 1. The third-order valence-electron chi connectivity index (χ3n) is 4.77. The summed E-state index contributed by atoms with van der Waals surface area (Å²) in [7, 11) is 0. The quantitative estimate of drug-likeness (QED) is 0.867. The first kappa shape index (κ1) is 17.0. The number of ketones is 2. The number of carbonyl (C=O) groups excluding carboxylic acids is 2. The van der Waals surface area contributed by atoms with Crippen LogP contribution < -0.4 is 0 Å². The van der Waals surface area contributed by atoms with Crippen molar-refractivity contribution in [1.82, 2.24) is 4.98 Å². The van der Waals surface area contributed by atoms with Gasteiger partial charge in [0.2, 0.25) is 0 Å². The lowest BCUT2D eigenvalue weighted by atomic mass is 9.86. The van der Waals surface area contributed by atoms with Gasteiger partial charge in [-0.2, -0.15) is 0 Å². The van der Waals surface area contributed by atoms with E-state index in [9.17, 15) is 14.4 Å². The average molecular weight is 337 g/mol. The smallest absolute Gasteiger partial charge is 0.335 e. The highest BCUT2D eigenvalue weighted by molar-refractivity contribution is 6.15. The van der Waals surface area contributed by atoms with Crippen LogP contribution in [-0.4, -0.2) is 27.6 Å². The molecule has 1 heterocycles. The molecule has 3 rings (SSSR count). The van der Waals surface area contributed by atoms with Gasteiger partial charge in [-0.15, -0.1) is 0 Å². The van der Waals surface area contributed by atoms with E-state index < -0.39 is 11.9 Å². The first-order valence-electron chi connectivity index (χ1n) is 8.19. The van der Waals surface area contributed by atoms with E-state index in [1.165, 1.54) is 12.1 Å². The molecule has 2 aromatic rings. The van der Waals surface area contributed by atoms with Gasteiger partial charge in [0.1, 0.15) is 11.7 Å². The van der Waals surface area contributed by atoms with Crippen LogP contribution in [0, 0.1) is 19.8 Å². The summed E-state index contributed by atoms with van der Waals surface area (Å²) in [5, 5.41) is 9.16. The van der Waals surface area contributed by atoms with Crippen molar-refractivity contribution in [3.8, 4) is 0 Å². The fourth-order valence-corrected chi connectivity index (χ4v) is 3.66. The van der Waals surface area contributed by atoms with Gasteiger partial charge in [0.25, 0.3) is 0 Å². The Bertz CT molecular complexity index is 834. The number of benzene rings is 1. The van der Waals surface area contributed by atoms with Crippen LogP contribution in [0.3, 0.4) is 0 Å².